The molecule has 0 fully saturated rings. The fourth-order valence-corrected chi connectivity index (χ4v) is 1.33. The topological polar surface area (TPSA) is 38.3 Å². The van der Waals surface area contributed by atoms with Crippen molar-refractivity contribution in [2.75, 3.05) is 13.2 Å². The Labute approximate surface area is 88.6 Å². The summed E-state index contributed by atoms with van der Waals surface area (Å²) in [5.41, 5.74) is 1.14. The molecule has 1 N–H and O–H groups in total. The Kier molecular flexibility index (Phi) is 3.81. The molecule has 0 aliphatic carbocycles. The van der Waals surface area contributed by atoms with Crippen molar-refractivity contribution in [2.45, 2.75) is 13.0 Å². The molecule has 0 spiro atoms. The fraction of sp³-hybridized carbons (Fsp3) is 0.444. The molecule has 14 heavy (non-hydrogen) atoms. The molecule has 2 rings (SSSR count). The van der Waals surface area contributed by atoms with Crippen LogP contribution in [-0.2, 0) is 13.0 Å². The summed E-state index contributed by atoms with van der Waals surface area (Å²) >= 11 is 0. The first-order chi connectivity index (χ1) is 6.40. The molecule has 0 unspecified atom stereocenters. The molecule has 1 aliphatic rings. The first-order valence-corrected chi connectivity index (χ1v) is 4.21. The molecule has 4 nitrogen and oxygen atoms in total. The third kappa shape index (κ3) is 2.19. The average molecular weight is 215 g/mol. The quantitative estimate of drug-likeness (QED) is 0.515. The van der Waals surface area contributed by atoms with Crippen LogP contribution in [-0.4, -0.2) is 13.2 Å². The van der Waals surface area contributed by atoms with Gasteiger partial charge in [0, 0.05) is 19.5 Å². The average Bonchev–Trinajstić information content (AvgIpc) is 2.57. The predicted octanol–water partition coefficient (Wildman–Crippen LogP) is -3.72. The van der Waals surface area contributed by atoms with Crippen molar-refractivity contribution in [1.82, 2.24) is 5.32 Å². The molecule has 0 amide bonds. The summed E-state index contributed by atoms with van der Waals surface area (Å²) in [6.45, 7) is 2.02. The largest absolute Gasteiger partial charge is 1.00 e. The lowest BCUT2D eigenvalue weighted by Crippen LogP contribution is -3.00. The smallest absolute Gasteiger partial charge is 0.285 e. The zero-order chi connectivity index (χ0) is 9.10. The van der Waals surface area contributed by atoms with Crippen LogP contribution >= 0.6 is 0 Å². The molecule has 0 saturated heterocycles. The summed E-state index contributed by atoms with van der Waals surface area (Å²) in [5, 5.41) is 3.24. The van der Waals surface area contributed by atoms with E-state index in [-0.39, 0.29) is 19.0 Å². The zero-order valence-electron chi connectivity index (χ0n) is 7.62. The molecule has 2 heterocycles. The summed E-state index contributed by atoms with van der Waals surface area (Å²) in [4.78, 5) is 6.42. The van der Waals surface area contributed by atoms with Gasteiger partial charge < -0.3 is 17.7 Å². The van der Waals surface area contributed by atoms with Crippen LogP contribution in [0.3, 0.4) is 0 Å². The van der Waals surface area contributed by atoms with Crippen LogP contribution < -0.4 is 27.5 Å². The van der Waals surface area contributed by atoms with Crippen LogP contribution in [0.5, 0.6) is 0 Å². The summed E-state index contributed by atoms with van der Waals surface area (Å²) in [7, 11) is 0. The Hall–Kier alpha value is -1.18. The molecule has 1 aromatic heterocycles. The number of terminal acetylenes is 1. The SMILES string of the molecule is C#CCO[n+]1cc2c(o1)CCNC2.[Cl-]. The first-order valence-electron chi connectivity index (χ1n) is 4.21. The van der Waals surface area contributed by atoms with Gasteiger partial charge in [0.1, 0.15) is 0 Å². The monoisotopic (exact) mass is 214 g/mol. The van der Waals surface area contributed by atoms with Crippen molar-refractivity contribution >= 4 is 0 Å². The molecule has 1 aromatic rings. The molecule has 0 atom stereocenters. The maximum absolute atomic E-state index is 5.37. The third-order valence-electron chi connectivity index (χ3n) is 1.94. The number of fused-ring (bicyclic) bond motifs is 1. The molecular weight excluding hydrogens is 204 g/mol. The fourth-order valence-electron chi connectivity index (χ4n) is 1.33. The van der Waals surface area contributed by atoms with Crippen LogP contribution in [0.25, 0.3) is 0 Å². The normalized spacial score (nSPS) is 13.6. The lowest BCUT2D eigenvalue weighted by atomic mass is 10.1. The second-order valence-corrected chi connectivity index (χ2v) is 2.86. The highest BCUT2D eigenvalue weighted by atomic mass is 35.5. The molecular formula is C9H11ClN2O2. The minimum absolute atomic E-state index is 0. The van der Waals surface area contributed by atoms with Crippen LogP contribution in [0.2, 0.25) is 0 Å². The van der Waals surface area contributed by atoms with Crippen molar-refractivity contribution < 1.29 is 26.7 Å². The number of nitrogens with zero attached hydrogens (tertiary/aromatic N) is 1. The highest BCUT2D eigenvalue weighted by molar-refractivity contribution is 5.13. The third-order valence-corrected chi connectivity index (χ3v) is 1.94. The van der Waals surface area contributed by atoms with E-state index in [9.17, 15) is 0 Å². The van der Waals surface area contributed by atoms with Gasteiger partial charge in [-0.1, -0.05) is 5.92 Å². The van der Waals surface area contributed by atoms with E-state index in [0.717, 1.165) is 30.8 Å². The van der Waals surface area contributed by atoms with E-state index >= 15 is 0 Å². The van der Waals surface area contributed by atoms with Crippen molar-refractivity contribution in [3.05, 3.63) is 17.5 Å². The van der Waals surface area contributed by atoms with E-state index in [2.05, 4.69) is 11.2 Å². The highest BCUT2D eigenvalue weighted by Crippen LogP contribution is 2.10. The lowest BCUT2D eigenvalue weighted by molar-refractivity contribution is -1.02. The first kappa shape index (κ1) is 10.9. The minimum atomic E-state index is 0. The number of hydrogen-bond donors (Lipinski definition) is 1. The Morgan fingerprint density at radius 3 is 3.29 bits per heavy atom. The molecule has 76 valence electrons. The second kappa shape index (κ2) is 4.89. The summed E-state index contributed by atoms with van der Waals surface area (Å²) < 4.78 is 5.37. The number of halogens is 1. The van der Waals surface area contributed by atoms with Gasteiger partial charge >= 0.3 is 0 Å². The highest BCUT2D eigenvalue weighted by Gasteiger charge is 2.21. The van der Waals surface area contributed by atoms with Crippen LogP contribution in [0, 0.1) is 12.3 Å². The molecule has 0 bridgehead atoms. The van der Waals surface area contributed by atoms with Crippen molar-refractivity contribution in [3.8, 4) is 12.3 Å². The van der Waals surface area contributed by atoms with Gasteiger partial charge in [-0.25, -0.2) is 4.84 Å². The van der Waals surface area contributed by atoms with Crippen molar-refractivity contribution in [2.24, 2.45) is 0 Å². The number of rotatable bonds is 2. The van der Waals surface area contributed by atoms with Gasteiger partial charge in [0.05, 0.1) is 5.56 Å². The number of hydrogen-bond acceptors (Lipinski definition) is 3. The molecule has 0 aromatic carbocycles. The van der Waals surface area contributed by atoms with E-state index in [4.69, 9.17) is 15.8 Å². The second-order valence-electron chi connectivity index (χ2n) is 2.86. The van der Waals surface area contributed by atoms with E-state index in [1.54, 1.807) is 0 Å². The summed E-state index contributed by atoms with van der Waals surface area (Å²) in [5.74, 6) is 3.36. The van der Waals surface area contributed by atoms with Gasteiger partial charge in [0.15, 0.2) is 5.76 Å². The lowest BCUT2D eigenvalue weighted by Gasteiger charge is -2.05. The molecule has 0 radical (unpaired) electrons. The predicted molar refractivity (Wildman–Crippen MR) is 44.6 cm³/mol. The maximum atomic E-state index is 5.37. The van der Waals surface area contributed by atoms with Gasteiger partial charge in [0.25, 0.3) is 6.20 Å². The standard InChI is InChI=1S/C9H11N2O2.ClH/c1-2-5-12-11-7-8-6-10-4-3-9(8)13-11;/h1,7,10H,3-6H2;1H/q+1;/p-1. The summed E-state index contributed by atoms with van der Waals surface area (Å²) in [6.07, 6.45) is 7.78. The van der Waals surface area contributed by atoms with Crippen LogP contribution in [0.4, 0.5) is 0 Å². The number of aromatic nitrogens is 1. The van der Waals surface area contributed by atoms with E-state index < -0.39 is 0 Å². The Morgan fingerprint density at radius 1 is 1.71 bits per heavy atom. The minimum Gasteiger partial charge on any atom is -1.00 e. The van der Waals surface area contributed by atoms with Gasteiger partial charge in [-0.05, 0) is 0 Å². The molecule has 5 heteroatoms. The van der Waals surface area contributed by atoms with Gasteiger partial charge in [-0.3, -0.25) is 0 Å². The van der Waals surface area contributed by atoms with Crippen molar-refractivity contribution in [1.29, 1.82) is 0 Å². The van der Waals surface area contributed by atoms with E-state index in [0.29, 0.717) is 0 Å². The summed E-state index contributed by atoms with van der Waals surface area (Å²) in [6, 6.07) is 0. The van der Waals surface area contributed by atoms with Gasteiger partial charge in [-0.15, -0.1) is 6.42 Å². The maximum Gasteiger partial charge on any atom is 0.285 e. The van der Waals surface area contributed by atoms with Gasteiger partial charge in [0.2, 0.25) is 11.5 Å². The van der Waals surface area contributed by atoms with Gasteiger partial charge in [-0.2, -0.15) is 4.52 Å². The number of nitrogens with one attached hydrogen (secondary N) is 1. The zero-order valence-corrected chi connectivity index (χ0v) is 8.38. The Morgan fingerprint density at radius 2 is 2.57 bits per heavy atom. The molecule has 0 saturated carbocycles. The Bertz CT molecular complexity index is 320. The van der Waals surface area contributed by atoms with Crippen molar-refractivity contribution in [3.63, 3.8) is 0 Å². The van der Waals surface area contributed by atoms with Crippen LogP contribution in [0.1, 0.15) is 11.3 Å². The van der Waals surface area contributed by atoms with E-state index in [1.165, 1.54) is 4.90 Å². The Balaban J connectivity index is 0.000000980. The van der Waals surface area contributed by atoms with Crippen LogP contribution in [0.15, 0.2) is 10.7 Å². The molecule has 1 aliphatic heterocycles. The van der Waals surface area contributed by atoms with E-state index in [1.807, 2.05) is 6.20 Å².